The van der Waals surface area contributed by atoms with Crippen molar-refractivity contribution in [2.75, 3.05) is 30.3 Å². The molecule has 118 valence electrons. The van der Waals surface area contributed by atoms with E-state index in [4.69, 9.17) is 0 Å². The summed E-state index contributed by atoms with van der Waals surface area (Å²) in [4.78, 5) is 20.3. The highest BCUT2D eigenvalue weighted by Gasteiger charge is 2.05. The number of hydrogen-bond donors (Lipinski definition) is 3. The molecule has 0 aromatic carbocycles. The summed E-state index contributed by atoms with van der Waals surface area (Å²) in [6.07, 6.45) is 3.25. The zero-order chi connectivity index (χ0) is 15.7. The monoisotopic (exact) mass is 293 g/mol. The highest BCUT2D eigenvalue weighted by Crippen LogP contribution is 2.12. The van der Waals surface area contributed by atoms with E-state index in [0.717, 1.165) is 30.9 Å². The number of hydrogen-bond acceptors (Lipinski definition) is 5. The van der Waals surface area contributed by atoms with Crippen LogP contribution in [0.4, 0.5) is 11.8 Å². The van der Waals surface area contributed by atoms with E-state index in [1.165, 1.54) is 0 Å². The summed E-state index contributed by atoms with van der Waals surface area (Å²) >= 11 is 0. The molecule has 0 saturated heterocycles. The molecule has 0 saturated carbocycles. The zero-order valence-corrected chi connectivity index (χ0v) is 13.5. The van der Waals surface area contributed by atoms with Crippen LogP contribution in [0.15, 0.2) is 6.20 Å². The second-order valence-corrected chi connectivity index (χ2v) is 5.53. The van der Waals surface area contributed by atoms with Crippen molar-refractivity contribution in [3.8, 4) is 0 Å². The molecule has 6 nitrogen and oxygen atoms in total. The average Bonchev–Trinajstić information content (AvgIpc) is 2.45. The molecule has 1 aromatic heterocycles. The normalized spacial score (nSPS) is 10.5. The summed E-state index contributed by atoms with van der Waals surface area (Å²) in [5.74, 6) is 1.93. The fraction of sp³-hybridized carbons (Fsp3) is 0.667. The molecular weight excluding hydrogens is 266 g/mol. The van der Waals surface area contributed by atoms with Crippen LogP contribution in [0.2, 0.25) is 0 Å². The molecule has 0 aliphatic heterocycles. The molecule has 1 amide bonds. The maximum atomic E-state index is 11.6. The van der Waals surface area contributed by atoms with Crippen molar-refractivity contribution in [2.24, 2.45) is 5.92 Å². The number of anilines is 2. The van der Waals surface area contributed by atoms with E-state index in [2.05, 4.69) is 46.7 Å². The van der Waals surface area contributed by atoms with Crippen LogP contribution in [0, 0.1) is 12.8 Å². The molecule has 0 fully saturated rings. The molecule has 0 aliphatic rings. The van der Waals surface area contributed by atoms with E-state index in [1.54, 1.807) is 6.20 Å². The predicted octanol–water partition coefficient (Wildman–Crippen LogP) is 2.18. The minimum atomic E-state index is 0.0623. The number of amides is 1. The van der Waals surface area contributed by atoms with E-state index in [1.807, 2.05) is 6.92 Å². The summed E-state index contributed by atoms with van der Waals surface area (Å²) in [5, 5.41) is 9.25. The molecule has 0 unspecified atom stereocenters. The second-order valence-electron chi connectivity index (χ2n) is 5.53. The largest absolute Gasteiger partial charge is 0.369 e. The fourth-order valence-corrected chi connectivity index (χ4v) is 1.64. The van der Waals surface area contributed by atoms with Crippen molar-refractivity contribution in [1.29, 1.82) is 0 Å². The summed E-state index contributed by atoms with van der Waals surface area (Å²) in [6.45, 7) is 10.3. The van der Waals surface area contributed by atoms with Crippen LogP contribution in [0.25, 0.3) is 0 Å². The quantitative estimate of drug-likeness (QED) is 0.650. The van der Waals surface area contributed by atoms with Gasteiger partial charge < -0.3 is 16.0 Å². The molecule has 1 heterocycles. The third-order valence-corrected chi connectivity index (χ3v) is 2.86. The Bertz CT molecular complexity index is 448. The van der Waals surface area contributed by atoms with Gasteiger partial charge in [-0.1, -0.05) is 20.8 Å². The van der Waals surface area contributed by atoms with Gasteiger partial charge in [-0.2, -0.15) is 4.98 Å². The van der Waals surface area contributed by atoms with Gasteiger partial charge in [0.2, 0.25) is 11.9 Å². The highest BCUT2D eigenvalue weighted by atomic mass is 16.1. The maximum Gasteiger partial charge on any atom is 0.224 e. The Balaban J connectivity index is 2.41. The Hall–Kier alpha value is -1.85. The summed E-state index contributed by atoms with van der Waals surface area (Å²) in [5.41, 5.74) is 0.972. The van der Waals surface area contributed by atoms with Gasteiger partial charge in [0, 0.05) is 37.8 Å². The third kappa shape index (κ3) is 6.92. The van der Waals surface area contributed by atoms with Crippen molar-refractivity contribution in [2.45, 2.75) is 40.5 Å². The van der Waals surface area contributed by atoms with Crippen LogP contribution in [0.3, 0.4) is 0 Å². The van der Waals surface area contributed by atoms with Gasteiger partial charge in [0.05, 0.1) is 0 Å². The van der Waals surface area contributed by atoms with Gasteiger partial charge in [-0.3, -0.25) is 4.79 Å². The lowest BCUT2D eigenvalue weighted by molar-refractivity contribution is -0.120. The van der Waals surface area contributed by atoms with Crippen LogP contribution < -0.4 is 16.0 Å². The van der Waals surface area contributed by atoms with E-state index < -0.39 is 0 Å². The van der Waals surface area contributed by atoms with Gasteiger partial charge in [-0.25, -0.2) is 4.98 Å². The zero-order valence-electron chi connectivity index (χ0n) is 13.5. The van der Waals surface area contributed by atoms with Crippen molar-refractivity contribution < 1.29 is 4.79 Å². The topological polar surface area (TPSA) is 78.9 Å². The van der Waals surface area contributed by atoms with Gasteiger partial charge in [0.15, 0.2) is 0 Å². The van der Waals surface area contributed by atoms with E-state index >= 15 is 0 Å². The lowest BCUT2D eigenvalue weighted by atomic mass is 10.2. The fourth-order valence-electron chi connectivity index (χ4n) is 1.64. The number of rotatable bonds is 9. The summed E-state index contributed by atoms with van der Waals surface area (Å²) < 4.78 is 0. The maximum absolute atomic E-state index is 11.6. The van der Waals surface area contributed by atoms with Gasteiger partial charge in [0.1, 0.15) is 5.82 Å². The Kier molecular flexibility index (Phi) is 7.50. The predicted molar refractivity (Wildman–Crippen MR) is 86.5 cm³/mol. The molecule has 1 aromatic rings. The molecular formula is C15H27N5O. The minimum Gasteiger partial charge on any atom is -0.369 e. The van der Waals surface area contributed by atoms with Crippen LogP contribution in [0.5, 0.6) is 0 Å². The summed E-state index contributed by atoms with van der Waals surface area (Å²) in [7, 11) is 0. The van der Waals surface area contributed by atoms with Gasteiger partial charge in [-0.15, -0.1) is 0 Å². The lowest BCUT2D eigenvalue weighted by Gasteiger charge is -2.11. The SMILES string of the molecule is CCCNc1ncc(C)c(NCCC(=O)NCC(C)C)n1. The van der Waals surface area contributed by atoms with E-state index in [9.17, 15) is 4.79 Å². The van der Waals surface area contributed by atoms with E-state index in [0.29, 0.717) is 24.8 Å². The smallest absolute Gasteiger partial charge is 0.224 e. The molecule has 6 heteroatoms. The van der Waals surface area contributed by atoms with Crippen molar-refractivity contribution in [3.05, 3.63) is 11.8 Å². The Labute approximate surface area is 127 Å². The average molecular weight is 293 g/mol. The molecule has 3 N–H and O–H groups in total. The van der Waals surface area contributed by atoms with Crippen molar-refractivity contribution in [1.82, 2.24) is 15.3 Å². The lowest BCUT2D eigenvalue weighted by Crippen LogP contribution is -2.28. The molecule has 0 bridgehead atoms. The number of nitrogens with one attached hydrogen (secondary N) is 3. The van der Waals surface area contributed by atoms with Crippen LogP contribution in [0.1, 0.15) is 39.2 Å². The van der Waals surface area contributed by atoms with Gasteiger partial charge >= 0.3 is 0 Å². The van der Waals surface area contributed by atoms with Crippen molar-refractivity contribution >= 4 is 17.7 Å². The number of aryl methyl sites for hydroxylation is 1. The Morgan fingerprint density at radius 3 is 2.71 bits per heavy atom. The number of nitrogens with zero attached hydrogens (tertiary/aromatic N) is 2. The first-order valence-corrected chi connectivity index (χ1v) is 7.61. The number of carbonyl (C=O) groups is 1. The highest BCUT2D eigenvalue weighted by molar-refractivity contribution is 5.76. The first kappa shape index (κ1) is 17.2. The second kappa shape index (κ2) is 9.15. The van der Waals surface area contributed by atoms with Crippen LogP contribution in [-0.2, 0) is 4.79 Å². The Morgan fingerprint density at radius 2 is 2.05 bits per heavy atom. The van der Waals surface area contributed by atoms with Crippen LogP contribution in [-0.4, -0.2) is 35.5 Å². The molecule has 1 rings (SSSR count). The standard InChI is InChI=1S/C15H27N5O/c1-5-7-17-15-19-10-12(4)14(20-15)16-8-6-13(21)18-9-11(2)3/h10-11H,5-9H2,1-4H3,(H,18,21)(H2,16,17,19,20). The Morgan fingerprint density at radius 1 is 1.29 bits per heavy atom. The molecule has 21 heavy (non-hydrogen) atoms. The molecule has 0 atom stereocenters. The first-order chi connectivity index (χ1) is 10.0. The van der Waals surface area contributed by atoms with Crippen LogP contribution >= 0.6 is 0 Å². The number of carbonyl (C=O) groups excluding carboxylic acids is 1. The van der Waals surface area contributed by atoms with Gasteiger partial charge in [0.25, 0.3) is 0 Å². The molecule has 0 radical (unpaired) electrons. The third-order valence-electron chi connectivity index (χ3n) is 2.86. The minimum absolute atomic E-state index is 0.0623. The molecule has 0 spiro atoms. The number of aromatic nitrogens is 2. The first-order valence-electron chi connectivity index (χ1n) is 7.61. The van der Waals surface area contributed by atoms with Crippen molar-refractivity contribution in [3.63, 3.8) is 0 Å². The summed E-state index contributed by atoms with van der Waals surface area (Å²) in [6, 6.07) is 0. The van der Waals surface area contributed by atoms with Gasteiger partial charge in [-0.05, 0) is 19.3 Å². The molecule has 0 aliphatic carbocycles. The van der Waals surface area contributed by atoms with E-state index in [-0.39, 0.29) is 5.91 Å².